The first-order valence-electron chi connectivity index (χ1n) is 10.2. The lowest BCUT2D eigenvalue weighted by atomic mass is 10.3. The topological polar surface area (TPSA) is 130 Å². The molecule has 0 saturated carbocycles. The molecule has 0 aliphatic carbocycles. The van der Waals surface area contributed by atoms with Gasteiger partial charge in [0.05, 0.1) is 20.8 Å². The molecule has 3 rings (SSSR count). The molecule has 2 N–H and O–H groups in total. The second-order valence-corrected chi connectivity index (χ2v) is 10.5. The zero-order chi connectivity index (χ0) is 24.9. The van der Waals surface area contributed by atoms with Gasteiger partial charge in [-0.25, -0.2) is 9.88 Å². The fourth-order valence-corrected chi connectivity index (χ4v) is 5.44. The van der Waals surface area contributed by atoms with E-state index >= 15 is 0 Å². The van der Waals surface area contributed by atoms with Gasteiger partial charge in [0.25, 0.3) is 5.56 Å². The molecule has 1 aromatic heterocycles. The van der Waals surface area contributed by atoms with Gasteiger partial charge >= 0.3 is 18.3 Å². The van der Waals surface area contributed by atoms with Gasteiger partial charge in [-0.1, -0.05) is 6.08 Å². The Morgan fingerprint density at radius 3 is 2.56 bits per heavy atom. The summed E-state index contributed by atoms with van der Waals surface area (Å²) < 4.78 is 28.9. The summed E-state index contributed by atoms with van der Waals surface area (Å²) in [7, 11) is 2.82. The molecule has 1 unspecified atom stereocenters. The van der Waals surface area contributed by atoms with Crippen LogP contribution in [0.3, 0.4) is 0 Å². The molecular formula is C21H26N3O8PS. The van der Waals surface area contributed by atoms with Gasteiger partial charge < -0.3 is 23.3 Å². The number of nitrogens with one attached hydrogen (secondary N) is 2. The SMILES string of the molecule is COC(=O)[C@@H](C)NP(=S)(OC[C@@H]1C=C[C@H](n2cc(C)c(=O)[nH]c2=O)O1)Oc1ccc(OC)cc1. The third-order valence-corrected chi connectivity index (χ3v) is 7.32. The van der Waals surface area contributed by atoms with Gasteiger partial charge in [-0.3, -0.25) is 19.1 Å². The Balaban J connectivity index is 1.71. The molecule has 34 heavy (non-hydrogen) atoms. The number of methoxy groups -OCH3 is 2. The number of hydrogen-bond acceptors (Lipinski definition) is 9. The number of aromatic nitrogens is 2. The van der Waals surface area contributed by atoms with E-state index in [0.29, 0.717) is 17.1 Å². The van der Waals surface area contributed by atoms with Gasteiger partial charge in [0.15, 0.2) is 6.23 Å². The number of rotatable bonds is 10. The lowest BCUT2D eigenvalue weighted by Gasteiger charge is -2.27. The predicted molar refractivity (Wildman–Crippen MR) is 128 cm³/mol. The first kappa shape index (κ1) is 25.9. The maximum absolute atomic E-state index is 12.1. The quantitative estimate of drug-likeness (QED) is 0.277. The molecule has 11 nitrogen and oxygen atoms in total. The lowest BCUT2D eigenvalue weighted by Crippen LogP contribution is -2.35. The van der Waals surface area contributed by atoms with Crippen LogP contribution in [-0.2, 0) is 30.6 Å². The highest BCUT2D eigenvalue weighted by Gasteiger charge is 2.30. The average molecular weight is 511 g/mol. The fraction of sp³-hybridized carbons (Fsp3) is 0.381. The summed E-state index contributed by atoms with van der Waals surface area (Å²) in [5.74, 6) is 0.534. The van der Waals surface area contributed by atoms with E-state index in [-0.39, 0.29) is 6.61 Å². The van der Waals surface area contributed by atoms with Gasteiger partial charge in [-0.2, -0.15) is 0 Å². The van der Waals surface area contributed by atoms with E-state index in [4.69, 9.17) is 35.1 Å². The number of nitrogens with zero attached hydrogens (tertiary/aromatic N) is 1. The van der Waals surface area contributed by atoms with Crippen LogP contribution in [-0.4, -0.2) is 48.5 Å². The van der Waals surface area contributed by atoms with Crippen LogP contribution in [0.15, 0.2) is 52.2 Å². The zero-order valence-electron chi connectivity index (χ0n) is 19.0. The largest absolute Gasteiger partial charge is 0.497 e. The predicted octanol–water partition coefficient (Wildman–Crippen LogP) is 1.78. The van der Waals surface area contributed by atoms with E-state index in [1.807, 2.05) is 0 Å². The molecule has 1 aliphatic rings. The summed E-state index contributed by atoms with van der Waals surface area (Å²) in [6, 6.07) is 5.96. The average Bonchev–Trinajstić information content (AvgIpc) is 3.29. The van der Waals surface area contributed by atoms with Crippen LogP contribution in [0.25, 0.3) is 0 Å². The van der Waals surface area contributed by atoms with Crippen molar-refractivity contribution in [1.29, 1.82) is 0 Å². The molecule has 1 aliphatic heterocycles. The number of hydrogen-bond donors (Lipinski definition) is 2. The number of aryl methyl sites for hydroxylation is 1. The molecule has 2 heterocycles. The van der Waals surface area contributed by atoms with Gasteiger partial charge in [-0.05, 0) is 56.0 Å². The monoisotopic (exact) mass is 511 g/mol. The highest BCUT2D eigenvalue weighted by molar-refractivity contribution is 8.09. The number of carbonyl (C=O) groups excluding carboxylic acids is 1. The second kappa shape index (κ2) is 11.1. The molecule has 0 spiro atoms. The van der Waals surface area contributed by atoms with Gasteiger partial charge in [0.2, 0.25) is 0 Å². The van der Waals surface area contributed by atoms with Crippen LogP contribution in [0.5, 0.6) is 11.5 Å². The molecule has 0 fully saturated rings. The highest BCUT2D eigenvalue weighted by Crippen LogP contribution is 2.46. The van der Waals surface area contributed by atoms with Crippen molar-refractivity contribution in [3.8, 4) is 11.5 Å². The van der Waals surface area contributed by atoms with Gasteiger partial charge in [0.1, 0.15) is 23.6 Å². The van der Waals surface area contributed by atoms with Crippen LogP contribution < -0.4 is 25.6 Å². The summed E-state index contributed by atoms with van der Waals surface area (Å²) in [5.41, 5.74) is -0.667. The summed E-state index contributed by atoms with van der Waals surface area (Å²) in [4.78, 5) is 37.9. The minimum Gasteiger partial charge on any atom is -0.497 e. The standard InChI is InChI=1S/C21H26N3O8PS/c1-13-11-24(21(27)22-19(13)25)18-10-9-17(31-18)12-30-33(34,23-14(2)20(26)29-4)32-16-7-5-15(28-3)6-8-16/h5-11,14,17-18H,12H2,1-4H3,(H,23,34)(H,22,25,27)/t14-,17+,18-,33?/m1/s1. The van der Waals surface area contributed by atoms with Crippen molar-refractivity contribution in [2.24, 2.45) is 0 Å². The Morgan fingerprint density at radius 1 is 1.24 bits per heavy atom. The van der Waals surface area contributed by atoms with E-state index in [0.717, 1.165) is 0 Å². The van der Waals surface area contributed by atoms with E-state index in [1.165, 1.54) is 17.9 Å². The number of ether oxygens (including phenoxy) is 3. The Bertz CT molecular complexity index is 1210. The third-order valence-electron chi connectivity index (χ3n) is 4.82. The second-order valence-electron chi connectivity index (χ2n) is 7.36. The molecule has 0 radical (unpaired) electrons. The smallest absolute Gasteiger partial charge is 0.330 e. The number of carbonyl (C=O) groups is 1. The highest BCUT2D eigenvalue weighted by atomic mass is 32.5. The summed E-state index contributed by atoms with van der Waals surface area (Å²) in [5, 5.41) is 2.91. The van der Waals surface area contributed by atoms with E-state index < -0.39 is 42.2 Å². The van der Waals surface area contributed by atoms with Crippen LogP contribution in [0.4, 0.5) is 0 Å². The molecule has 1 aromatic carbocycles. The van der Waals surface area contributed by atoms with Crippen molar-refractivity contribution in [3.05, 3.63) is 69.0 Å². The summed E-state index contributed by atoms with van der Waals surface area (Å²) >= 11 is 5.64. The van der Waals surface area contributed by atoms with Crippen molar-refractivity contribution in [2.75, 3.05) is 20.8 Å². The minimum atomic E-state index is -3.24. The van der Waals surface area contributed by atoms with Crippen LogP contribution >= 0.6 is 6.64 Å². The normalized spacial score (nSPS) is 19.9. The molecule has 184 valence electrons. The number of aromatic amines is 1. The number of H-pyrrole nitrogens is 1. The van der Waals surface area contributed by atoms with Gasteiger partial charge in [0, 0.05) is 11.8 Å². The maximum Gasteiger partial charge on any atom is 0.330 e. The molecule has 13 heteroatoms. The van der Waals surface area contributed by atoms with Crippen LogP contribution in [0.1, 0.15) is 18.7 Å². The minimum absolute atomic E-state index is 0.0155. The van der Waals surface area contributed by atoms with Crippen molar-refractivity contribution in [1.82, 2.24) is 14.6 Å². The van der Waals surface area contributed by atoms with Gasteiger partial charge in [-0.15, -0.1) is 0 Å². The number of benzene rings is 1. The summed E-state index contributed by atoms with van der Waals surface area (Å²) in [6.07, 6.45) is 3.54. The van der Waals surface area contributed by atoms with E-state index in [9.17, 15) is 14.4 Å². The lowest BCUT2D eigenvalue weighted by molar-refractivity contribution is -0.142. The van der Waals surface area contributed by atoms with Crippen molar-refractivity contribution in [3.63, 3.8) is 0 Å². The first-order valence-corrected chi connectivity index (χ1v) is 12.9. The molecule has 2 aromatic rings. The molecule has 0 saturated heterocycles. The third kappa shape index (κ3) is 6.43. The molecular weight excluding hydrogens is 485 g/mol. The number of esters is 1. The Morgan fingerprint density at radius 2 is 1.91 bits per heavy atom. The summed E-state index contributed by atoms with van der Waals surface area (Å²) in [6.45, 7) is -0.0839. The Labute approximate surface area is 200 Å². The zero-order valence-corrected chi connectivity index (χ0v) is 20.8. The van der Waals surface area contributed by atoms with E-state index in [1.54, 1.807) is 57.4 Å². The molecule has 0 amide bonds. The van der Waals surface area contributed by atoms with E-state index in [2.05, 4.69) is 10.1 Å². The van der Waals surface area contributed by atoms with Crippen LogP contribution in [0.2, 0.25) is 0 Å². The van der Waals surface area contributed by atoms with Crippen LogP contribution in [0, 0.1) is 6.92 Å². The van der Waals surface area contributed by atoms with Crippen molar-refractivity contribution in [2.45, 2.75) is 32.2 Å². The molecule has 4 atom stereocenters. The Kier molecular flexibility index (Phi) is 8.45. The Hall–Kier alpha value is -2.76. The fourth-order valence-electron chi connectivity index (χ4n) is 3.02. The van der Waals surface area contributed by atoms with Crippen molar-refractivity contribution >= 4 is 24.4 Å². The first-order chi connectivity index (χ1) is 16.1. The molecule has 0 bridgehead atoms. The maximum atomic E-state index is 12.1. The van der Waals surface area contributed by atoms with Crippen molar-refractivity contribution < 1.29 is 28.1 Å².